The van der Waals surface area contributed by atoms with Crippen LogP contribution in [0, 0.1) is 5.82 Å². The highest BCUT2D eigenvalue weighted by Gasteiger charge is 2.20. The number of hydrogen-bond donors (Lipinski definition) is 4. The number of rotatable bonds is 7. The van der Waals surface area contributed by atoms with E-state index in [0.717, 1.165) is 22.0 Å². The summed E-state index contributed by atoms with van der Waals surface area (Å²) in [6.45, 7) is 2.14. The molecular weight excluding hydrogens is 345 g/mol. The van der Waals surface area contributed by atoms with E-state index in [4.69, 9.17) is 5.73 Å². The minimum Gasteiger partial charge on any atom is -0.393 e. The molecule has 1 amide bonds. The number of para-hydroxylation sites is 1. The maximum atomic E-state index is 13.3. The van der Waals surface area contributed by atoms with Crippen LogP contribution in [0.4, 0.5) is 4.39 Å². The van der Waals surface area contributed by atoms with Gasteiger partial charge in [0.2, 0.25) is 0 Å². The van der Waals surface area contributed by atoms with Gasteiger partial charge in [-0.1, -0.05) is 37.3 Å². The number of amides is 1. The van der Waals surface area contributed by atoms with E-state index in [9.17, 15) is 14.3 Å². The molecule has 2 atom stereocenters. The summed E-state index contributed by atoms with van der Waals surface area (Å²) in [4.78, 5) is 16.0. The molecule has 5 nitrogen and oxygen atoms in total. The molecule has 0 saturated carbocycles. The van der Waals surface area contributed by atoms with Crippen molar-refractivity contribution in [2.75, 3.05) is 6.54 Å². The number of hydrogen-bond acceptors (Lipinski definition) is 3. The van der Waals surface area contributed by atoms with Gasteiger partial charge in [-0.2, -0.15) is 0 Å². The van der Waals surface area contributed by atoms with Crippen LogP contribution in [-0.2, 0) is 0 Å². The summed E-state index contributed by atoms with van der Waals surface area (Å²) in [5.41, 5.74) is 8.71. The van der Waals surface area contributed by atoms with E-state index in [0.29, 0.717) is 18.5 Å². The predicted octanol–water partition coefficient (Wildman–Crippen LogP) is 3.19. The number of H-pyrrole nitrogens is 1. The van der Waals surface area contributed by atoms with Gasteiger partial charge >= 0.3 is 0 Å². The van der Waals surface area contributed by atoms with Gasteiger partial charge in [0.05, 0.1) is 6.10 Å². The maximum absolute atomic E-state index is 13.3. The second kappa shape index (κ2) is 8.33. The zero-order chi connectivity index (χ0) is 19.4. The Kier molecular flexibility index (Phi) is 5.88. The SMILES string of the molecule is CCC(O)C[C@H](N)CNC(=O)c1[nH]c2ccccc2c1-c1ccc(F)cc1. The lowest BCUT2D eigenvalue weighted by Gasteiger charge is -2.16. The van der Waals surface area contributed by atoms with Gasteiger partial charge in [0, 0.05) is 29.1 Å². The molecule has 1 unspecified atom stereocenters. The highest BCUT2D eigenvalue weighted by molar-refractivity contribution is 6.09. The number of aromatic nitrogens is 1. The van der Waals surface area contributed by atoms with Crippen LogP contribution in [0.1, 0.15) is 30.3 Å². The molecule has 1 heterocycles. The molecule has 27 heavy (non-hydrogen) atoms. The number of nitrogens with one attached hydrogen (secondary N) is 2. The standard InChI is InChI=1S/C21H24FN3O2/c1-2-16(26)11-15(23)12-24-21(27)20-19(13-7-9-14(22)10-8-13)17-5-3-4-6-18(17)25-20/h3-10,15-16,25-26H,2,11-12,23H2,1H3,(H,24,27)/t15-,16?/m0/s1. The third-order valence-corrected chi connectivity index (χ3v) is 4.64. The van der Waals surface area contributed by atoms with Crippen LogP contribution in [0.5, 0.6) is 0 Å². The van der Waals surface area contributed by atoms with Crippen molar-refractivity contribution in [1.82, 2.24) is 10.3 Å². The summed E-state index contributed by atoms with van der Waals surface area (Å²) < 4.78 is 13.3. The lowest BCUT2D eigenvalue weighted by Crippen LogP contribution is -2.39. The predicted molar refractivity (Wildman–Crippen MR) is 105 cm³/mol. The van der Waals surface area contributed by atoms with Gasteiger partial charge in [0.15, 0.2) is 0 Å². The fourth-order valence-electron chi connectivity index (χ4n) is 3.14. The molecule has 0 aliphatic carbocycles. The molecule has 0 aliphatic rings. The Hall–Kier alpha value is -2.70. The van der Waals surface area contributed by atoms with Crippen molar-refractivity contribution in [3.05, 3.63) is 60.0 Å². The number of nitrogens with two attached hydrogens (primary N) is 1. The van der Waals surface area contributed by atoms with Crippen LogP contribution < -0.4 is 11.1 Å². The van der Waals surface area contributed by atoms with Crippen molar-refractivity contribution in [3.8, 4) is 11.1 Å². The van der Waals surface area contributed by atoms with Gasteiger partial charge in [-0.3, -0.25) is 4.79 Å². The quantitative estimate of drug-likeness (QED) is 0.515. The minimum absolute atomic E-state index is 0.258. The Morgan fingerprint density at radius 3 is 2.63 bits per heavy atom. The molecule has 0 bridgehead atoms. The molecule has 6 heteroatoms. The summed E-state index contributed by atoms with van der Waals surface area (Å²) in [6, 6.07) is 13.3. The smallest absolute Gasteiger partial charge is 0.268 e. The third kappa shape index (κ3) is 4.35. The first kappa shape index (κ1) is 19.1. The molecule has 142 valence electrons. The highest BCUT2D eigenvalue weighted by Crippen LogP contribution is 2.32. The van der Waals surface area contributed by atoms with Crippen LogP contribution in [0.25, 0.3) is 22.0 Å². The number of carbonyl (C=O) groups excluding carboxylic acids is 1. The number of aliphatic hydroxyl groups excluding tert-OH is 1. The molecule has 2 aromatic carbocycles. The summed E-state index contributed by atoms with van der Waals surface area (Å²) in [6.07, 6.45) is 0.576. The van der Waals surface area contributed by atoms with E-state index in [-0.39, 0.29) is 24.3 Å². The van der Waals surface area contributed by atoms with Crippen molar-refractivity contribution in [2.24, 2.45) is 5.73 Å². The molecular formula is C21H24FN3O2. The van der Waals surface area contributed by atoms with Gasteiger partial charge in [-0.25, -0.2) is 4.39 Å². The summed E-state index contributed by atoms with van der Waals surface area (Å²) in [5, 5.41) is 13.4. The van der Waals surface area contributed by atoms with E-state index < -0.39 is 6.10 Å². The van der Waals surface area contributed by atoms with Gasteiger partial charge in [-0.05, 0) is 36.6 Å². The Morgan fingerprint density at radius 2 is 1.93 bits per heavy atom. The molecule has 0 fully saturated rings. The van der Waals surface area contributed by atoms with E-state index in [1.54, 1.807) is 12.1 Å². The monoisotopic (exact) mass is 369 g/mol. The average Bonchev–Trinajstić information content (AvgIpc) is 3.06. The Morgan fingerprint density at radius 1 is 1.22 bits per heavy atom. The molecule has 5 N–H and O–H groups in total. The molecule has 0 radical (unpaired) electrons. The fourth-order valence-corrected chi connectivity index (χ4v) is 3.14. The summed E-state index contributed by atoms with van der Waals surface area (Å²) >= 11 is 0. The van der Waals surface area contributed by atoms with Crippen LogP contribution in [0.15, 0.2) is 48.5 Å². The van der Waals surface area contributed by atoms with E-state index in [1.807, 2.05) is 31.2 Å². The topological polar surface area (TPSA) is 91.1 Å². The first-order chi connectivity index (χ1) is 13.0. The van der Waals surface area contributed by atoms with Gasteiger partial charge in [0.1, 0.15) is 11.5 Å². The number of carbonyl (C=O) groups is 1. The van der Waals surface area contributed by atoms with Crippen molar-refractivity contribution in [2.45, 2.75) is 31.9 Å². The van der Waals surface area contributed by atoms with E-state index in [1.165, 1.54) is 12.1 Å². The Bertz CT molecular complexity index is 921. The number of aromatic amines is 1. The second-order valence-corrected chi connectivity index (χ2v) is 6.70. The van der Waals surface area contributed by atoms with Crippen LogP contribution in [0.3, 0.4) is 0 Å². The first-order valence-electron chi connectivity index (χ1n) is 9.08. The fraction of sp³-hybridized carbons (Fsp3) is 0.286. The van der Waals surface area contributed by atoms with E-state index >= 15 is 0 Å². The van der Waals surface area contributed by atoms with Crippen LogP contribution in [-0.4, -0.2) is 34.7 Å². The minimum atomic E-state index is -0.472. The highest BCUT2D eigenvalue weighted by atomic mass is 19.1. The zero-order valence-corrected chi connectivity index (χ0v) is 15.2. The average molecular weight is 369 g/mol. The zero-order valence-electron chi connectivity index (χ0n) is 15.2. The lowest BCUT2D eigenvalue weighted by atomic mass is 10.0. The maximum Gasteiger partial charge on any atom is 0.268 e. The number of fused-ring (bicyclic) bond motifs is 1. The largest absolute Gasteiger partial charge is 0.393 e. The summed E-state index contributed by atoms with van der Waals surface area (Å²) in [5.74, 6) is -0.614. The van der Waals surface area contributed by atoms with Crippen LogP contribution in [0.2, 0.25) is 0 Å². The van der Waals surface area contributed by atoms with E-state index in [2.05, 4.69) is 10.3 Å². The van der Waals surface area contributed by atoms with Crippen molar-refractivity contribution in [3.63, 3.8) is 0 Å². The van der Waals surface area contributed by atoms with Gasteiger partial charge < -0.3 is 21.1 Å². The molecule has 0 aliphatic heterocycles. The molecule has 3 rings (SSSR count). The van der Waals surface area contributed by atoms with Gasteiger partial charge in [0.25, 0.3) is 5.91 Å². The number of halogens is 1. The lowest BCUT2D eigenvalue weighted by molar-refractivity contribution is 0.0940. The summed E-state index contributed by atoms with van der Waals surface area (Å²) in [7, 11) is 0. The van der Waals surface area contributed by atoms with Crippen LogP contribution >= 0.6 is 0 Å². The molecule has 0 saturated heterocycles. The molecule has 3 aromatic rings. The molecule has 1 aromatic heterocycles. The normalized spacial score (nSPS) is 13.5. The Labute approximate surface area is 157 Å². The van der Waals surface area contributed by atoms with Crippen molar-refractivity contribution in [1.29, 1.82) is 0 Å². The molecule has 0 spiro atoms. The van der Waals surface area contributed by atoms with Crippen molar-refractivity contribution >= 4 is 16.8 Å². The van der Waals surface area contributed by atoms with Gasteiger partial charge in [-0.15, -0.1) is 0 Å². The number of benzene rings is 2. The second-order valence-electron chi connectivity index (χ2n) is 6.70. The number of aliphatic hydroxyl groups is 1. The first-order valence-corrected chi connectivity index (χ1v) is 9.08. The van der Waals surface area contributed by atoms with Crippen molar-refractivity contribution < 1.29 is 14.3 Å². The Balaban J connectivity index is 1.88. The third-order valence-electron chi connectivity index (χ3n) is 4.64.